The van der Waals surface area contributed by atoms with Crippen molar-refractivity contribution in [3.8, 4) is 5.75 Å². The summed E-state index contributed by atoms with van der Waals surface area (Å²) in [5, 5.41) is 3.58. The van der Waals surface area contributed by atoms with Crippen molar-refractivity contribution < 1.29 is 13.7 Å². The molecule has 2 saturated carbocycles. The maximum absolute atomic E-state index is 12.8. The van der Waals surface area contributed by atoms with Gasteiger partial charge in [0.15, 0.2) is 0 Å². The van der Waals surface area contributed by atoms with E-state index >= 15 is 0 Å². The van der Waals surface area contributed by atoms with Gasteiger partial charge in [-0.25, -0.2) is 0 Å². The molecule has 0 aromatic heterocycles. The Morgan fingerprint density at radius 1 is 1.27 bits per heavy atom. The highest BCUT2D eigenvalue weighted by Gasteiger charge is 2.39. The van der Waals surface area contributed by atoms with Crippen molar-refractivity contribution in [2.24, 2.45) is 17.1 Å². The number of halogens is 1. The van der Waals surface area contributed by atoms with E-state index in [9.17, 15) is 9.00 Å². The van der Waals surface area contributed by atoms with Crippen LogP contribution in [-0.2, 0) is 10.8 Å². The molecule has 0 saturated heterocycles. The fourth-order valence-corrected chi connectivity index (χ4v) is 5.96. The third-order valence-electron chi connectivity index (χ3n) is 6.30. The third kappa shape index (κ3) is 6.96. The number of hydrogen-bond acceptors (Lipinski definition) is 4. The summed E-state index contributed by atoms with van der Waals surface area (Å²) in [6.45, 7) is 1.62. The summed E-state index contributed by atoms with van der Waals surface area (Å²) in [5.74, 6) is 2.41. The van der Waals surface area contributed by atoms with E-state index in [-0.39, 0.29) is 18.7 Å². The molecule has 0 aliphatic heterocycles. The number of carbonyl (C=O) groups is 1. The highest BCUT2D eigenvalue weighted by atomic mass is 35.5. The molecular formula is C23H37ClN2O3S. The Bertz CT molecular complexity index is 718. The Hall–Kier alpha value is -1.11. The zero-order chi connectivity index (χ0) is 20.7. The van der Waals surface area contributed by atoms with Crippen LogP contribution in [0, 0.1) is 11.3 Å². The van der Waals surface area contributed by atoms with Gasteiger partial charge in [0.25, 0.3) is 5.91 Å². The van der Waals surface area contributed by atoms with Gasteiger partial charge >= 0.3 is 0 Å². The molecule has 0 radical (unpaired) electrons. The van der Waals surface area contributed by atoms with Crippen molar-refractivity contribution in [2.75, 3.05) is 31.2 Å². The van der Waals surface area contributed by atoms with Gasteiger partial charge in [-0.3, -0.25) is 9.00 Å². The van der Waals surface area contributed by atoms with Crippen molar-refractivity contribution in [3.63, 3.8) is 0 Å². The highest BCUT2D eigenvalue weighted by molar-refractivity contribution is 7.84. The normalized spacial score (nSPS) is 23.9. The lowest BCUT2D eigenvalue weighted by molar-refractivity contribution is 0.0681. The van der Waals surface area contributed by atoms with E-state index in [1.54, 1.807) is 18.2 Å². The van der Waals surface area contributed by atoms with E-state index < -0.39 is 10.8 Å². The second-order valence-electron chi connectivity index (χ2n) is 8.52. The molecule has 2 aliphatic carbocycles. The average Bonchev–Trinajstić information content (AvgIpc) is 2.71. The number of nitrogens with two attached hydrogens (primary N) is 1. The van der Waals surface area contributed by atoms with Crippen LogP contribution in [0.1, 0.15) is 69.2 Å². The predicted octanol–water partition coefficient (Wildman–Crippen LogP) is 4.54. The molecule has 0 spiro atoms. The minimum absolute atomic E-state index is 0. The first-order chi connectivity index (χ1) is 14.0. The molecule has 0 heterocycles. The van der Waals surface area contributed by atoms with Crippen LogP contribution in [-0.4, -0.2) is 41.3 Å². The average molecular weight is 457 g/mol. The van der Waals surface area contributed by atoms with Crippen LogP contribution in [0.2, 0.25) is 5.02 Å². The molecule has 1 aromatic rings. The summed E-state index contributed by atoms with van der Waals surface area (Å²) in [6, 6.07) is 5.17. The van der Waals surface area contributed by atoms with E-state index in [0.717, 1.165) is 12.5 Å². The Morgan fingerprint density at radius 3 is 2.70 bits per heavy atom. The van der Waals surface area contributed by atoms with Gasteiger partial charge in [0.05, 0.1) is 17.2 Å². The van der Waals surface area contributed by atoms with Gasteiger partial charge in [-0.05, 0) is 55.2 Å². The number of rotatable bonds is 10. The molecule has 3 N–H and O–H groups in total. The number of carbonyl (C=O) groups excluding carboxylic acids is 1. The molecule has 1 unspecified atom stereocenters. The van der Waals surface area contributed by atoms with E-state index in [1.807, 2.05) is 0 Å². The summed E-state index contributed by atoms with van der Waals surface area (Å²) in [6.07, 6.45) is 9.61. The molecule has 3 rings (SSSR count). The van der Waals surface area contributed by atoms with Crippen LogP contribution in [0.15, 0.2) is 18.2 Å². The van der Waals surface area contributed by atoms with Crippen LogP contribution in [0.4, 0.5) is 0 Å². The molecule has 1 amide bonds. The summed E-state index contributed by atoms with van der Waals surface area (Å²) in [5.41, 5.74) is 6.14. The molecule has 1 aromatic carbocycles. The van der Waals surface area contributed by atoms with E-state index in [4.69, 9.17) is 22.1 Å². The van der Waals surface area contributed by atoms with Gasteiger partial charge in [0.2, 0.25) is 0 Å². The van der Waals surface area contributed by atoms with Gasteiger partial charge in [0.1, 0.15) is 5.75 Å². The number of ether oxygens (including phenoxy) is 1. The second-order valence-corrected chi connectivity index (χ2v) is 10.6. The second kappa shape index (κ2) is 12.1. The Morgan fingerprint density at radius 2 is 2.00 bits per heavy atom. The molecule has 170 valence electrons. The lowest BCUT2D eigenvalue weighted by Gasteiger charge is -2.45. The van der Waals surface area contributed by atoms with Crippen LogP contribution < -0.4 is 15.8 Å². The number of benzene rings is 1. The van der Waals surface area contributed by atoms with E-state index in [1.165, 1.54) is 44.9 Å². The molecule has 7 heteroatoms. The van der Waals surface area contributed by atoms with Crippen molar-refractivity contribution in [2.45, 2.75) is 58.8 Å². The largest absolute Gasteiger partial charge is 0.494 e. The molecule has 30 heavy (non-hydrogen) atoms. The molecule has 2 bridgehead atoms. The summed E-state index contributed by atoms with van der Waals surface area (Å²) >= 11 is 6.28. The van der Waals surface area contributed by atoms with E-state index in [2.05, 4.69) is 5.32 Å². The van der Waals surface area contributed by atoms with Crippen molar-refractivity contribution in [3.05, 3.63) is 28.8 Å². The lowest BCUT2D eigenvalue weighted by atomic mass is 9.62. The van der Waals surface area contributed by atoms with Crippen LogP contribution in [0.25, 0.3) is 0 Å². The summed E-state index contributed by atoms with van der Waals surface area (Å²) in [4.78, 5) is 12.8. The lowest BCUT2D eigenvalue weighted by Crippen LogP contribution is -2.43. The molecular weight excluding hydrogens is 420 g/mol. The number of nitrogens with one attached hydrogen (secondary N) is 1. The van der Waals surface area contributed by atoms with Gasteiger partial charge < -0.3 is 15.8 Å². The first-order valence-corrected chi connectivity index (χ1v) is 12.6. The number of amides is 1. The topological polar surface area (TPSA) is 81.4 Å². The van der Waals surface area contributed by atoms with Crippen LogP contribution in [0.5, 0.6) is 5.75 Å². The van der Waals surface area contributed by atoms with Crippen LogP contribution in [0.3, 0.4) is 0 Å². The smallest absolute Gasteiger partial charge is 0.252 e. The van der Waals surface area contributed by atoms with Crippen molar-refractivity contribution >= 4 is 28.3 Å². The van der Waals surface area contributed by atoms with Crippen molar-refractivity contribution in [1.82, 2.24) is 5.32 Å². The van der Waals surface area contributed by atoms with Gasteiger partial charge in [-0.2, -0.15) is 0 Å². The Kier molecular flexibility index (Phi) is 10.1. The fourth-order valence-electron chi connectivity index (χ4n) is 4.84. The number of hydrogen-bond donors (Lipinski definition) is 2. The van der Waals surface area contributed by atoms with Gasteiger partial charge in [-0.1, -0.05) is 44.7 Å². The fraction of sp³-hybridized carbons (Fsp3) is 0.696. The monoisotopic (exact) mass is 456 g/mol. The van der Waals surface area contributed by atoms with Gasteiger partial charge in [-0.15, -0.1) is 0 Å². The molecule has 2 aliphatic rings. The minimum atomic E-state index is -0.892. The van der Waals surface area contributed by atoms with Crippen molar-refractivity contribution in [1.29, 1.82) is 0 Å². The summed E-state index contributed by atoms with van der Waals surface area (Å²) in [7, 11) is -0.892. The molecule has 5 nitrogen and oxygen atoms in total. The molecule has 2 fully saturated rings. The zero-order valence-corrected chi connectivity index (χ0v) is 18.7. The van der Waals surface area contributed by atoms with E-state index in [0.29, 0.717) is 47.4 Å². The third-order valence-corrected chi connectivity index (χ3v) is 8.06. The predicted molar refractivity (Wildman–Crippen MR) is 126 cm³/mol. The molecule has 1 atom stereocenters. The quantitative estimate of drug-likeness (QED) is 0.506. The highest BCUT2D eigenvalue weighted by Crippen LogP contribution is 2.48. The minimum Gasteiger partial charge on any atom is -0.494 e. The first-order valence-electron chi connectivity index (χ1n) is 10.8. The SMILES string of the molecule is C.NCCS(=O)CCCOc1ccc(Cl)c(C(=O)NCC23CCCC(CCC2)C3)c1. The standard InChI is InChI=1S/C22H33ClN2O3S.CH4/c23-20-7-6-18(28-11-3-12-29(27)13-10-24)14-19(20)21(26)25-16-22-8-1-4-17(15-22)5-2-9-22;/h6-7,14,17H,1-5,8-13,15-16,24H2,(H,25,26);1H4. The maximum Gasteiger partial charge on any atom is 0.252 e. The Balaban J connectivity index is 0.00000320. The zero-order valence-electron chi connectivity index (χ0n) is 17.1. The maximum atomic E-state index is 12.8. The van der Waals surface area contributed by atoms with Gasteiger partial charge in [0, 0.05) is 35.4 Å². The first kappa shape index (κ1) is 25.2. The van der Waals surface area contributed by atoms with Crippen LogP contribution >= 0.6 is 11.6 Å². The summed E-state index contributed by atoms with van der Waals surface area (Å²) < 4.78 is 17.4. The Labute approximate surface area is 188 Å². The number of fused-ring (bicyclic) bond motifs is 2.